The maximum Gasteiger partial charge on any atom is 0.289 e. The molecule has 6 nitrogen and oxygen atoms in total. The summed E-state index contributed by atoms with van der Waals surface area (Å²) in [6.07, 6.45) is 4.98. The van der Waals surface area contributed by atoms with Crippen molar-refractivity contribution >= 4 is 17.7 Å². The highest BCUT2D eigenvalue weighted by Crippen LogP contribution is 2.24. The summed E-state index contributed by atoms with van der Waals surface area (Å²) in [5.41, 5.74) is 0.317. The van der Waals surface area contributed by atoms with E-state index >= 15 is 0 Å². The first-order chi connectivity index (χ1) is 10.1. The van der Waals surface area contributed by atoms with Gasteiger partial charge in [0.1, 0.15) is 0 Å². The number of nitro benzene ring substituents is 1. The van der Waals surface area contributed by atoms with E-state index in [4.69, 9.17) is 4.74 Å². The second-order valence-corrected chi connectivity index (χ2v) is 4.90. The highest BCUT2D eigenvalue weighted by atomic mass is 16.6. The number of carbonyl (C=O) groups excluding carboxylic acids is 1. The summed E-state index contributed by atoms with van der Waals surface area (Å²) in [7, 11) is 0. The number of benzene rings is 1. The van der Waals surface area contributed by atoms with Gasteiger partial charge in [-0.3, -0.25) is 14.9 Å². The fourth-order valence-corrected chi connectivity index (χ4v) is 2.18. The summed E-state index contributed by atoms with van der Waals surface area (Å²) in [5.74, 6) is -0.194. The van der Waals surface area contributed by atoms with Crippen LogP contribution in [0.4, 0.5) is 5.69 Å². The van der Waals surface area contributed by atoms with Gasteiger partial charge in [-0.25, -0.2) is 0 Å². The molecule has 1 atom stereocenters. The lowest BCUT2D eigenvalue weighted by Crippen LogP contribution is -2.25. The van der Waals surface area contributed by atoms with Crippen LogP contribution in [0, 0.1) is 10.1 Å². The normalized spacial score (nSPS) is 19.4. The molecule has 1 unspecified atom stereocenters. The molecule has 1 aliphatic rings. The second kappa shape index (κ2) is 6.88. The van der Waals surface area contributed by atoms with Gasteiger partial charge in [0.15, 0.2) is 12.0 Å². The number of nitrogens with zero attached hydrogens (tertiary/aromatic N) is 1. The molecule has 1 aliphatic heterocycles. The molecular weight excluding hydrogens is 272 g/mol. The SMILES string of the molecule is CCCCCC1NC(=O)/C(=C/c2ccccc2[N+](=O)[O-])O1. The van der Waals surface area contributed by atoms with Crippen molar-refractivity contribution in [3.05, 3.63) is 45.7 Å². The first kappa shape index (κ1) is 15.0. The molecule has 1 fully saturated rings. The number of hydrogen-bond donors (Lipinski definition) is 1. The third kappa shape index (κ3) is 3.81. The zero-order valence-corrected chi connectivity index (χ0v) is 11.9. The van der Waals surface area contributed by atoms with Crippen LogP contribution < -0.4 is 5.32 Å². The van der Waals surface area contributed by atoms with E-state index in [1.165, 1.54) is 12.1 Å². The van der Waals surface area contributed by atoms with E-state index < -0.39 is 4.92 Å². The van der Waals surface area contributed by atoms with Crippen molar-refractivity contribution in [3.63, 3.8) is 0 Å². The highest BCUT2D eigenvalue weighted by molar-refractivity contribution is 5.98. The molecule has 1 aromatic rings. The number of rotatable bonds is 6. The molecule has 2 rings (SSSR count). The van der Waals surface area contributed by atoms with Gasteiger partial charge in [0.25, 0.3) is 11.6 Å². The number of nitro groups is 1. The smallest absolute Gasteiger partial charge is 0.289 e. The third-order valence-electron chi connectivity index (χ3n) is 3.28. The summed E-state index contributed by atoms with van der Waals surface area (Å²) >= 11 is 0. The van der Waals surface area contributed by atoms with Crippen molar-refractivity contribution in [2.75, 3.05) is 0 Å². The highest BCUT2D eigenvalue weighted by Gasteiger charge is 2.28. The van der Waals surface area contributed by atoms with Gasteiger partial charge in [-0.05, 0) is 12.5 Å². The van der Waals surface area contributed by atoms with Gasteiger partial charge in [0, 0.05) is 18.6 Å². The minimum absolute atomic E-state index is 0.0455. The molecule has 1 aromatic carbocycles. The van der Waals surface area contributed by atoms with Crippen LogP contribution in [-0.2, 0) is 9.53 Å². The maximum absolute atomic E-state index is 11.8. The van der Waals surface area contributed by atoms with Crippen LogP contribution in [0.1, 0.15) is 38.2 Å². The van der Waals surface area contributed by atoms with Crippen LogP contribution in [0.25, 0.3) is 6.08 Å². The van der Waals surface area contributed by atoms with Crippen molar-refractivity contribution in [1.29, 1.82) is 0 Å². The molecule has 1 heterocycles. The number of ether oxygens (including phenoxy) is 1. The Labute approximate surface area is 122 Å². The molecule has 0 spiro atoms. The molecule has 0 radical (unpaired) electrons. The quantitative estimate of drug-likeness (QED) is 0.378. The van der Waals surface area contributed by atoms with E-state index in [9.17, 15) is 14.9 Å². The Morgan fingerprint density at radius 1 is 1.38 bits per heavy atom. The van der Waals surface area contributed by atoms with E-state index in [0.29, 0.717) is 5.56 Å². The van der Waals surface area contributed by atoms with Crippen LogP contribution in [0.2, 0.25) is 0 Å². The van der Waals surface area contributed by atoms with Crippen LogP contribution in [0.15, 0.2) is 30.0 Å². The maximum atomic E-state index is 11.8. The van der Waals surface area contributed by atoms with Crippen molar-refractivity contribution in [3.8, 4) is 0 Å². The van der Waals surface area contributed by atoms with Gasteiger partial charge in [-0.15, -0.1) is 0 Å². The van der Waals surface area contributed by atoms with Crippen molar-refractivity contribution < 1.29 is 14.5 Å². The molecule has 6 heteroatoms. The minimum Gasteiger partial charge on any atom is -0.465 e. The molecule has 1 N–H and O–H groups in total. The first-order valence-electron chi connectivity index (χ1n) is 7.04. The van der Waals surface area contributed by atoms with Crippen molar-refractivity contribution in [1.82, 2.24) is 5.32 Å². The van der Waals surface area contributed by atoms with Gasteiger partial charge in [-0.1, -0.05) is 31.9 Å². The monoisotopic (exact) mass is 290 g/mol. The lowest BCUT2D eigenvalue weighted by atomic mass is 10.1. The molecule has 21 heavy (non-hydrogen) atoms. The van der Waals surface area contributed by atoms with E-state index in [0.717, 1.165) is 25.7 Å². The molecule has 0 bridgehead atoms. The number of nitrogens with one attached hydrogen (secondary N) is 1. The number of unbranched alkanes of at least 4 members (excludes halogenated alkanes) is 2. The Hall–Kier alpha value is -2.37. The molecule has 112 valence electrons. The van der Waals surface area contributed by atoms with Crippen LogP contribution in [0.5, 0.6) is 0 Å². The Balaban J connectivity index is 2.11. The van der Waals surface area contributed by atoms with E-state index in [2.05, 4.69) is 12.2 Å². The second-order valence-electron chi connectivity index (χ2n) is 4.90. The zero-order valence-electron chi connectivity index (χ0n) is 11.9. The van der Waals surface area contributed by atoms with Crippen LogP contribution >= 0.6 is 0 Å². The van der Waals surface area contributed by atoms with Gasteiger partial charge in [-0.2, -0.15) is 0 Å². The molecule has 0 aromatic heterocycles. The summed E-state index contributed by atoms with van der Waals surface area (Å²) < 4.78 is 5.54. The molecule has 1 saturated heterocycles. The number of carbonyl (C=O) groups is 1. The van der Waals surface area contributed by atoms with E-state index in [-0.39, 0.29) is 23.6 Å². The molecule has 0 aliphatic carbocycles. The van der Waals surface area contributed by atoms with Gasteiger partial charge >= 0.3 is 0 Å². The molecular formula is C15H18N2O4. The van der Waals surface area contributed by atoms with Crippen molar-refractivity contribution in [2.45, 2.75) is 38.8 Å². The standard InChI is InChI=1S/C15H18N2O4/c1-2-3-4-9-14-16-15(18)13(21-14)10-11-7-5-6-8-12(11)17(19)20/h5-8,10,14H,2-4,9H2,1H3,(H,16,18)/b13-10-. The Kier molecular flexibility index (Phi) is 4.92. The summed E-state index contributed by atoms with van der Waals surface area (Å²) in [6.45, 7) is 2.11. The number of para-hydroxylation sites is 1. The fourth-order valence-electron chi connectivity index (χ4n) is 2.18. The summed E-state index contributed by atoms with van der Waals surface area (Å²) in [6, 6.07) is 6.26. The fraction of sp³-hybridized carbons (Fsp3) is 0.400. The predicted octanol–water partition coefficient (Wildman–Crippen LogP) is 2.99. The number of amides is 1. The lowest BCUT2D eigenvalue weighted by Gasteiger charge is -2.08. The average Bonchev–Trinajstić information content (AvgIpc) is 2.80. The third-order valence-corrected chi connectivity index (χ3v) is 3.28. The van der Waals surface area contributed by atoms with Gasteiger partial charge in [0.05, 0.1) is 10.5 Å². The Morgan fingerprint density at radius 2 is 2.14 bits per heavy atom. The topological polar surface area (TPSA) is 81.5 Å². The van der Waals surface area contributed by atoms with E-state index in [1.54, 1.807) is 18.2 Å². The minimum atomic E-state index is -0.474. The Bertz CT molecular complexity index is 569. The summed E-state index contributed by atoms with van der Waals surface area (Å²) in [4.78, 5) is 22.3. The zero-order chi connectivity index (χ0) is 15.2. The van der Waals surface area contributed by atoms with Crippen LogP contribution in [-0.4, -0.2) is 17.1 Å². The van der Waals surface area contributed by atoms with Crippen molar-refractivity contribution in [2.24, 2.45) is 0 Å². The number of hydrogen-bond acceptors (Lipinski definition) is 4. The molecule has 1 amide bonds. The lowest BCUT2D eigenvalue weighted by molar-refractivity contribution is -0.385. The Morgan fingerprint density at radius 3 is 2.86 bits per heavy atom. The van der Waals surface area contributed by atoms with Gasteiger partial charge in [0.2, 0.25) is 0 Å². The predicted molar refractivity (Wildman–Crippen MR) is 78.2 cm³/mol. The molecule has 0 saturated carbocycles. The average molecular weight is 290 g/mol. The van der Waals surface area contributed by atoms with Crippen LogP contribution in [0.3, 0.4) is 0 Å². The summed E-state index contributed by atoms with van der Waals surface area (Å²) in [5, 5.41) is 13.7. The van der Waals surface area contributed by atoms with Gasteiger partial charge < -0.3 is 10.1 Å². The first-order valence-corrected chi connectivity index (χ1v) is 7.04. The largest absolute Gasteiger partial charge is 0.465 e. The van der Waals surface area contributed by atoms with E-state index in [1.807, 2.05) is 0 Å².